The average Bonchev–Trinajstić information content (AvgIpc) is 3.15. The molecule has 1 aliphatic carbocycles. The number of likely N-dealkylation sites (tertiary alicyclic amines) is 1. The van der Waals surface area contributed by atoms with Crippen LogP contribution >= 0.6 is 0 Å². The Kier molecular flexibility index (Phi) is 3.12. The summed E-state index contributed by atoms with van der Waals surface area (Å²) in [6.45, 7) is 2.39. The van der Waals surface area contributed by atoms with Gasteiger partial charge >= 0.3 is 0 Å². The summed E-state index contributed by atoms with van der Waals surface area (Å²) < 4.78 is 2.15. The van der Waals surface area contributed by atoms with Gasteiger partial charge in [-0.05, 0) is 50.3 Å². The SMILES string of the molecule is NCC1CCCN(C(=O)c2cccn2C2CC2)C1. The molecule has 98 valence electrons. The minimum Gasteiger partial charge on any atom is -0.340 e. The number of rotatable bonds is 3. The summed E-state index contributed by atoms with van der Waals surface area (Å²) in [5.74, 6) is 0.664. The van der Waals surface area contributed by atoms with E-state index in [4.69, 9.17) is 5.73 Å². The Morgan fingerprint density at radius 2 is 2.22 bits per heavy atom. The molecule has 1 amide bonds. The lowest BCUT2D eigenvalue weighted by atomic mass is 9.98. The van der Waals surface area contributed by atoms with Gasteiger partial charge in [-0.15, -0.1) is 0 Å². The second kappa shape index (κ2) is 4.76. The number of piperidine rings is 1. The third-order valence-corrected chi connectivity index (χ3v) is 4.08. The summed E-state index contributed by atoms with van der Waals surface area (Å²) in [6.07, 6.45) is 6.69. The molecule has 0 aromatic carbocycles. The molecule has 1 aromatic heterocycles. The van der Waals surface area contributed by atoms with Gasteiger partial charge in [0.1, 0.15) is 5.69 Å². The highest BCUT2D eigenvalue weighted by Crippen LogP contribution is 2.36. The summed E-state index contributed by atoms with van der Waals surface area (Å²) in [5.41, 5.74) is 6.59. The Morgan fingerprint density at radius 3 is 2.94 bits per heavy atom. The molecule has 1 saturated carbocycles. The standard InChI is InChI=1S/C14H21N3O/c15-9-11-3-1-7-16(10-11)14(18)13-4-2-8-17(13)12-5-6-12/h2,4,8,11-12H,1,3,5-7,9-10,15H2. The van der Waals surface area contributed by atoms with E-state index in [0.717, 1.165) is 31.6 Å². The lowest BCUT2D eigenvalue weighted by Gasteiger charge is -2.32. The predicted molar refractivity (Wildman–Crippen MR) is 70.4 cm³/mol. The van der Waals surface area contributed by atoms with Crippen molar-refractivity contribution in [2.75, 3.05) is 19.6 Å². The first-order chi connectivity index (χ1) is 8.79. The zero-order valence-electron chi connectivity index (χ0n) is 10.7. The zero-order valence-corrected chi connectivity index (χ0v) is 10.7. The number of carbonyl (C=O) groups excluding carboxylic acids is 1. The van der Waals surface area contributed by atoms with E-state index in [1.165, 1.54) is 12.8 Å². The molecule has 1 aliphatic heterocycles. The van der Waals surface area contributed by atoms with Gasteiger partial charge in [-0.25, -0.2) is 0 Å². The second-order valence-electron chi connectivity index (χ2n) is 5.53. The Hall–Kier alpha value is -1.29. The van der Waals surface area contributed by atoms with Gasteiger partial charge in [-0.2, -0.15) is 0 Å². The van der Waals surface area contributed by atoms with Crippen LogP contribution in [-0.2, 0) is 0 Å². The average molecular weight is 247 g/mol. The molecule has 1 aromatic rings. The van der Waals surface area contributed by atoms with Crippen LogP contribution in [0.25, 0.3) is 0 Å². The molecule has 0 bridgehead atoms. The molecular formula is C14H21N3O. The van der Waals surface area contributed by atoms with E-state index < -0.39 is 0 Å². The molecule has 1 unspecified atom stereocenters. The molecule has 0 radical (unpaired) electrons. The lowest BCUT2D eigenvalue weighted by molar-refractivity contribution is 0.0667. The van der Waals surface area contributed by atoms with Crippen molar-refractivity contribution >= 4 is 5.91 Å². The summed E-state index contributed by atoms with van der Waals surface area (Å²) >= 11 is 0. The van der Waals surface area contributed by atoms with Crippen molar-refractivity contribution in [3.63, 3.8) is 0 Å². The van der Waals surface area contributed by atoms with E-state index in [1.54, 1.807) is 0 Å². The van der Waals surface area contributed by atoms with Crippen LogP contribution in [-0.4, -0.2) is 35.0 Å². The predicted octanol–water partition coefficient (Wildman–Crippen LogP) is 1.63. The second-order valence-corrected chi connectivity index (χ2v) is 5.53. The van der Waals surface area contributed by atoms with E-state index in [-0.39, 0.29) is 5.91 Å². The van der Waals surface area contributed by atoms with Crippen molar-refractivity contribution in [2.45, 2.75) is 31.7 Å². The molecule has 2 fully saturated rings. The van der Waals surface area contributed by atoms with Crippen LogP contribution in [0.15, 0.2) is 18.3 Å². The van der Waals surface area contributed by atoms with E-state index in [1.807, 2.05) is 23.2 Å². The van der Waals surface area contributed by atoms with Crippen molar-refractivity contribution in [3.8, 4) is 0 Å². The maximum Gasteiger partial charge on any atom is 0.270 e. The van der Waals surface area contributed by atoms with Crippen molar-refractivity contribution < 1.29 is 4.79 Å². The summed E-state index contributed by atoms with van der Waals surface area (Å²) in [4.78, 5) is 14.5. The maximum absolute atomic E-state index is 12.5. The van der Waals surface area contributed by atoms with Crippen LogP contribution in [0.3, 0.4) is 0 Å². The van der Waals surface area contributed by atoms with Crippen molar-refractivity contribution in [1.29, 1.82) is 0 Å². The van der Waals surface area contributed by atoms with Gasteiger partial charge < -0.3 is 15.2 Å². The topological polar surface area (TPSA) is 51.3 Å². The van der Waals surface area contributed by atoms with E-state index >= 15 is 0 Å². The van der Waals surface area contributed by atoms with Gasteiger partial charge in [0.2, 0.25) is 0 Å². The molecule has 1 saturated heterocycles. The van der Waals surface area contributed by atoms with Crippen molar-refractivity contribution in [3.05, 3.63) is 24.0 Å². The summed E-state index contributed by atoms with van der Waals surface area (Å²) in [6, 6.07) is 4.50. The molecule has 2 aliphatic rings. The quantitative estimate of drug-likeness (QED) is 0.882. The highest BCUT2D eigenvalue weighted by Gasteiger charge is 2.30. The molecule has 4 nitrogen and oxygen atoms in total. The van der Waals surface area contributed by atoms with Gasteiger partial charge in [0.15, 0.2) is 0 Å². The van der Waals surface area contributed by atoms with Crippen LogP contribution in [0.4, 0.5) is 0 Å². The number of hydrogen-bond donors (Lipinski definition) is 1. The molecule has 0 spiro atoms. The Balaban J connectivity index is 1.74. The first-order valence-corrected chi connectivity index (χ1v) is 6.96. The van der Waals surface area contributed by atoms with Gasteiger partial charge in [0.05, 0.1) is 0 Å². The normalized spacial score (nSPS) is 24.3. The fourth-order valence-electron chi connectivity index (χ4n) is 2.85. The van der Waals surface area contributed by atoms with Crippen LogP contribution < -0.4 is 5.73 Å². The minimum absolute atomic E-state index is 0.185. The first kappa shape index (κ1) is 11.8. The largest absolute Gasteiger partial charge is 0.340 e. The van der Waals surface area contributed by atoms with E-state index in [2.05, 4.69) is 4.57 Å². The maximum atomic E-state index is 12.5. The monoisotopic (exact) mass is 247 g/mol. The summed E-state index contributed by atoms with van der Waals surface area (Å²) in [7, 11) is 0. The Bertz CT molecular complexity index is 436. The summed E-state index contributed by atoms with van der Waals surface area (Å²) in [5, 5.41) is 0. The molecule has 4 heteroatoms. The number of carbonyl (C=O) groups is 1. The van der Waals surface area contributed by atoms with Crippen LogP contribution in [0.2, 0.25) is 0 Å². The number of amides is 1. The molecular weight excluding hydrogens is 226 g/mol. The number of nitrogens with two attached hydrogens (primary N) is 1. The molecule has 1 atom stereocenters. The van der Waals surface area contributed by atoms with Gasteiger partial charge in [-0.1, -0.05) is 0 Å². The first-order valence-electron chi connectivity index (χ1n) is 6.96. The van der Waals surface area contributed by atoms with Crippen LogP contribution in [0.5, 0.6) is 0 Å². The van der Waals surface area contributed by atoms with Gasteiger partial charge in [-0.3, -0.25) is 4.79 Å². The highest BCUT2D eigenvalue weighted by molar-refractivity contribution is 5.93. The lowest BCUT2D eigenvalue weighted by Crippen LogP contribution is -2.42. The third kappa shape index (κ3) is 2.17. The molecule has 18 heavy (non-hydrogen) atoms. The van der Waals surface area contributed by atoms with E-state index in [9.17, 15) is 4.79 Å². The third-order valence-electron chi connectivity index (χ3n) is 4.08. The van der Waals surface area contributed by atoms with Crippen LogP contribution in [0.1, 0.15) is 42.2 Å². The van der Waals surface area contributed by atoms with Gasteiger partial charge in [0.25, 0.3) is 5.91 Å². The molecule has 2 heterocycles. The molecule has 3 rings (SSSR count). The Morgan fingerprint density at radius 1 is 1.39 bits per heavy atom. The number of aromatic nitrogens is 1. The minimum atomic E-state index is 0.185. The zero-order chi connectivity index (χ0) is 12.5. The number of hydrogen-bond acceptors (Lipinski definition) is 2. The Labute approximate surface area is 108 Å². The highest BCUT2D eigenvalue weighted by atomic mass is 16.2. The van der Waals surface area contributed by atoms with Gasteiger partial charge in [0, 0.05) is 25.3 Å². The number of nitrogens with zero attached hydrogens (tertiary/aromatic N) is 2. The van der Waals surface area contributed by atoms with Crippen LogP contribution in [0, 0.1) is 5.92 Å². The van der Waals surface area contributed by atoms with E-state index in [0.29, 0.717) is 18.5 Å². The smallest absolute Gasteiger partial charge is 0.270 e. The molecule has 2 N–H and O–H groups in total. The van der Waals surface area contributed by atoms with Crippen molar-refractivity contribution in [1.82, 2.24) is 9.47 Å². The fourth-order valence-corrected chi connectivity index (χ4v) is 2.85. The van der Waals surface area contributed by atoms with Crippen molar-refractivity contribution in [2.24, 2.45) is 11.7 Å². The fraction of sp³-hybridized carbons (Fsp3) is 0.643.